The lowest BCUT2D eigenvalue weighted by Gasteiger charge is -2.43. The Bertz CT molecular complexity index is 1320. The van der Waals surface area contributed by atoms with Crippen molar-refractivity contribution >= 4 is 17.3 Å². The van der Waals surface area contributed by atoms with Crippen LogP contribution in [-0.2, 0) is 4.74 Å². The fraction of sp³-hybridized carbons (Fsp3) is 0.429. The Kier molecular flexibility index (Phi) is 7.49. The van der Waals surface area contributed by atoms with E-state index in [-0.39, 0.29) is 6.54 Å². The quantitative estimate of drug-likeness (QED) is 0.473. The van der Waals surface area contributed by atoms with Crippen LogP contribution >= 0.6 is 0 Å². The first-order chi connectivity index (χ1) is 19.2. The van der Waals surface area contributed by atoms with Crippen LogP contribution in [0.2, 0.25) is 0 Å². The Morgan fingerprint density at radius 3 is 2.62 bits per heavy atom. The SMILES string of the molecule is N#Cc1cc(-c2ncnc(Nc3ccc(N4CCN(C5COC5)CC4)cc3)n2)ccc1O[C@@H]1CCNC[C@@H]1F. The Labute approximate surface area is 226 Å². The number of ether oxygens (including phenoxy) is 2. The number of aromatic nitrogens is 3. The standard InChI is InChI=1S/C28H31FN8O2/c29-24-15-31-8-7-26(24)39-25-6-1-19(13-20(25)14-30)27-32-18-33-28(35-27)34-21-2-4-22(5-3-21)36-9-11-37(12-10-36)23-16-38-17-23/h1-6,13,18,23-24,26,31H,7-12,15-17H2,(H,32,33,34,35)/t24-,26+/m0/s1. The summed E-state index contributed by atoms with van der Waals surface area (Å²) in [5.41, 5.74) is 3.02. The Morgan fingerprint density at radius 2 is 1.90 bits per heavy atom. The van der Waals surface area contributed by atoms with Crippen LogP contribution in [0.15, 0.2) is 48.8 Å². The van der Waals surface area contributed by atoms with Crippen LogP contribution in [0.5, 0.6) is 5.75 Å². The number of nitriles is 1. The highest BCUT2D eigenvalue weighted by atomic mass is 19.1. The van der Waals surface area contributed by atoms with E-state index >= 15 is 0 Å². The van der Waals surface area contributed by atoms with Gasteiger partial charge in [-0.15, -0.1) is 0 Å². The number of nitrogens with zero attached hydrogens (tertiary/aromatic N) is 6. The van der Waals surface area contributed by atoms with Crippen molar-refractivity contribution in [3.05, 3.63) is 54.4 Å². The molecular formula is C28H31FN8O2. The van der Waals surface area contributed by atoms with Gasteiger partial charge in [0.05, 0.1) is 24.8 Å². The number of piperazine rings is 1. The van der Waals surface area contributed by atoms with E-state index < -0.39 is 12.3 Å². The monoisotopic (exact) mass is 530 g/mol. The lowest BCUT2D eigenvalue weighted by Crippen LogP contribution is -2.56. The third-order valence-electron chi connectivity index (χ3n) is 7.50. The molecule has 3 saturated heterocycles. The maximum absolute atomic E-state index is 14.2. The Balaban J connectivity index is 1.10. The lowest BCUT2D eigenvalue weighted by molar-refractivity contribution is -0.0660. The van der Waals surface area contributed by atoms with E-state index in [2.05, 4.69) is 53.6 Å². The zero-order valence-corrected chi connectivity index (χ0v) is 21.6. The molecule has 11 heteroatoms. The fourth-order valence-corrected chi connectivity index (χ4v) is 5.11. The zero-order chi connectivity index (χ0) is 26.6. The second-order valence-corrected chi connectivity index (χ2v) is 10.0. The third-order valence-corrected chi connectivity index (χ3v) is 7.50. The molecule has 6 rings (SSSR count). The summed E-state index contributed by atoms with van der Waals surface area (Å²) >= 11 is 0. The minimum absolute atomic E-state index is 0.252. The first-order valence-corrected chi connectivity index (χ1v) is 13.3. The summed E-state index contributed by atoms with van der Waals surface area (Å²) in [5.74, 6) is 1.19. The van der Waals surface area contributed by atoms with E-state index in [9.17, 15) is 9.65 Å². The van der Waals surface area contributed by atoms with Gasteiger partial charge in [0.15, 0.2) is 5.82 Å². The predicted molar refractivity (Wildman–Crippen MR) is 145 cm³/mol. The van der Waals surface area contributed by atoms with Crippen LogP contribution in [0.3, 0.4) is 0 Å². The smallest absolute Gasteiger partial charge is 0.230 e. The summed E-state index contributed by atoms with van der Waals surface area (Å²) in [6.07, 6.45) is 0.291. The average Bonchev–Trinajstić information content (AvgIpc) is 2.95. The largest absolute Gasteiger partial charge is 0.486 e. The summed E-state index contributed by atoms with van der Waals surface area (Å²) in [4.78, 5) is 18.0. The highest BCUT2D eigenvalue weighted by Crippen LogP contribution is 2.28. The molecule has 2 N–H and O–H groups in total. The highest BCUT2D eigenvalue weighted by Gasteiger charge is 2.29. The van der Waals surface area contributed by atoms with E-state index in [0.29, 0.717) is 47.7 Å². The maximum Gasteiger partial charge on any atom is 0.230 e. The molecule has 2 aromatic carbocycles. The number of benzene rings is 2. The second kappa shape index (κ2) is 11.5. The van der Waals surface area contributed by atoms with Crippen molar-refractivity contribution < 1.29 is 13.9 Å². The zero-order valence-electron chi connectivity index (χ0n) is 21.6. The number of halogens is 1. The van der Waals surface area contributed by atoms with E-state index in [1.165, 1.54) is 12.0 Å². The first-order valence-electron chi connectivity index (χ1n) is 13.3. The molecule has 3 fully saturated rings. The lowest BCUT2D eigenvalue weighted by atomic mass is 10.1. The third kappa shape index (κ3) is 5.78. The van der Waals surface area contributed by atoms with Crippen molar-refractivity contribution in [1.29, 1.82) is 5.26 Å². The molecule has 0 aliphatic carbocycles. The second-order valence-electron chi connectivity index (χ2n) is 10.0. The van der Waals surface area contributed by atoms with E-state index in [1.54, 1.807) is 18.2 Å². The van der Waals surface area contributed by atoms with Crippen LogP contribution < -0.4 is 20.3 Å². The number of anilines is 3. The summed E-state index contributed by atoms with van der Waals surface area (Å²) in [6, 6.07) is 16.1. The number of hydrogen-bond acceptors (Lipinski definition) is 10. The molecule has 0 radical (unpaired) electrons. The highest BCUT2D eigenvalue weighted by molar-refractivity contribution is 5.64. The molecule has 2 atom stereocenters. The molecule has 39 heavy (non-hydrogen) atoms. The number of rotatable bonds is 7. The van der Waals surface area contributed by atoms with Gasteiger partial charge in [-0.2, -0.15) is 10.2 Å². The summed E-state index contributed by atoms with van der Waals surface area (Å²) in [6.45, 7) is 6.76. The number of piperidine rings is 1. The van der Waals surface area contributed by atoms with Gasteiger partial charge in [-0.3, -0.25) is 4.90 Å². The molecule has 0 amide bonds. The van der Waals surface area contributed by atoms with Crippen molar-refractivity contribution in [3.63, 3.8) is 0 Å². The van der Waals surface area contributed by atoms with Gasteiger partial charge in [0.2, 0.25) is 5.95 Å². The van der Waals surface area contributed by atoms with Crippen molar-refractivity contribution in [2.45, 2.75) is 24.7 Å². The van der Waals surface area contributed by atoms with Crippen LogP contribution in [0.1, 0.15) is 12.0 Å². The van der Waals surface area contributed by atoms with Crippen molar-refractivity contribution in [2.24, 2.45) is 0 Å². The van der Waals surface area contributed by atoms with Gasteiger partial charge in [-0.05, 0) is 55.4 Å². The van der Waals surface area contributed by atoms with Gasteiger partial charge in [-0.25, -0.2) is 14.4 Å². The van der Waals surface area contributed by atoms with E-state index in [4.69, 9.17) is 9.47 Å². The van der Waals surface area contributed by atoms with Gasteiger partial charge in [0.1, 0.15) is 30.4 Å². The Morgan fingerprint density at radius 1 is 1.08 bits per heavy atom. The molecule has 10 nitrogen and oxygen atoms in total. The number of nitrogens with one attached hydrogen (secondary N) is 2. The molecule has 0 spiro atoms. The van der Waals surface area contributed by atoms with Gasteiger partial charge < -0.3 is 25.0 Å². The van der Waals surface area contributed by atoms with Gasteiger partial charge in [0.25, 0.3) is 0 Å². The van der Waals surface area contributed by atoms with Gasteiger partial charge >= 0.3 is 0 Å². The van der Waals surface area contributed by atoms with E-state index in [1.807, 2.05) is 12.1 Å². The molecule has 3 aliphatic heterocycles. The van der Waals surface area contributed by atoms with Gasteiger partial charge in [-0.1, -0.05) is 0 Å². The topological polar surface area (TPSA) is 111 Å². The van der Waals surface area contributed by atoms with E-state index in [0.717, 1.165) is 45.1 Å². The van der Waals surface area contributed by atoms with Crippen LogP contribution in [0.25, 0.3) is 11.4 Å². The van der Waals surface area contributed by atoms with Crippen molar-refractivity contribution in [3.8, 4) is 23.2 Å². The molecule has 3 aliphatic rings. The van der Waals surface area contributed by atoms with Crippen LogP contribution in [0, 0.1) is 11.3 Å². The fourth-order valence-electron chi connectivity index (χ4n) is 5.11. The normalized spacial score (nSPS) is 22.1. The molecule has 0 unspecified atom stereocenters. The maximum atomic E-state index is 14.2. The molecule has 4 heterocycles. The molecule has 1 aromatic heterocycles. The Hall–Kier alpha value is -3.85. The van der Waals surface area contributed by atoms with Crippen LogP contribution in [0.4, 0.5) is 21.7 Å². The van der Waals surface area contributed by atoms with Crippen LogP contribution in [-0.4, -0.2) is 90.7 Å². The average molecular weight is 531 g/mol. The van der Waals surface area contributed by atoms with Gasteiger partial charge in [0, 0.05) is 49.7 Å². The summed E-state index contributed by atoms with van der Waals surface area (Å²) in [5, 5.41) is 15.9. The summed E-state index contributed by atoms with van der Waals surface area (Å²) < 4.78 is 25.4. The van der Waals surface area contributed by atoms with Crippen molar-refractivity contribution in [1.82, 2.24) is 25.2 Å². The summed E-state index contributed by atoms with van der Waals surface area (Å²) in [7, 11) is 0. The first kappa shape index (κ1) is 25.4. The van der Waals surface area contributed by atoms with Crippen molar-refractivity contribution in [2.75, 3.05) is 62.7 Å². The molecule has 0 saturated carbocycles. The molecular weight excluding hydrogens is 499 g/mol. The molecule has 3 aromatic rings. The number of hydrogen-bond donors (Lipinski definition) is 2. The molecule has 202 valence electrons. The minimum atomic E-state index is -1.12. The predicted octanol–water partition coefficient (Wildman–Crippen LogP) is 2.75. The molecule has 0 bridgehead atoms. The minimum Gasteiger partial charge on any atom is -0.486 e. The number of alkyl halides is 1.